The van der Waals surface area contributed by atoms with Crippen molar-refractivity contribution in [1.29, 1.82) is 0 Å². The maximum Gasteiger partial charge on any atom is 0.407 e. The van der Waals surface area contributed by atoms with E-state index in [2.05, 4.69) is 10.6 Å². The van der Waals surface area contributed by atoms with Gasteiger partial charge in [-0.2, -0.15) is 0 Å². The molecule has 7 nitrogen and oxygen atoms in total. The number of alkyl carbamates (subject to hydrolysis) is 1. The molecule has 2 atom stereocenters. The van der Waals surface area contributed by atoms with E-state index < -0.39 is 30.1 Å². The Morgan fingerprint density at radius 2 is 1.40 bits per heavy atom. The minimum absolute atomic E-state index is 0.140. The highest BCUT2D eigenvalue weighted by Crippen LogP contribution is 2.07. The zero-order valence-corrected chi connectivity index (χ0v) is 17.0. The third kappa shape index (κ3) is 7.95. The maximum absolute atomic E-state index is 12.9. The minimum Gasteiger partial charge on any atom is -0.480 e. The van der Waals surface area contributed by atoms with Crippen molar-refractivity contribution >= 4 is 18.0 Å². The minimum atomic E-state index is -1.14. The van der Waals surface area contributed by atoms with Crippen molar-refractivity contribution in [3.05, 3.63) is 71.8 Å². The summed E-state index contributed by atoms with van der Waals surface area (Å²) in [6, 6.07) is 16.2. The number of carboxylic acids is 1. The molecule has 0 saturated heterocycles. The van der Waals surface area contributed by atoms with E-state index in [9.17, 15) is 19.5 Å². The van der Waals surface area contributed by atoms with Crippen LogP contribution in [0.1, 0.15) is 30.9 Å². The topological polar surface area (TPSA) is 105 Å². The average Bonchev–Trinajstić information content (AvgIpc) is 2.74. The SMILES string of the molecule is CCCCOC(=O)NC(Cc1ccccc1)C(=O)NC(Cc1ccccc1)C(=O)O. The average molecular weight is 412 g/mol. The first kappa shape index (κ1) is 22.9. The Kier molecular flexibility index (Phi) is 9.37. The number of carbonyl (C=O) groups excluding carboxylic acids is 2. The molecule has 2 aromatic carbocycles. The predicted molar refractivity (Wildman–Crippen MR) is 113 cm³/mol. The molecular weight excluding hydrogens is 384 g/mol. The summed E-state index contributed by atoms with van der Waals surface area (Å²) in [5, 5.41) is 14.7. The van der Waals surface area contributed by atoms with Crippen LogP contribution >= 0.6 is 0 Å². The molecule has 0 fully saturated rings. The molecule has 0 radical (unpaired) electrons. The number of rotatable bonds is 11. The summed E-state index contributed by atoms with van der Waals surface area (Å²) in [6.07, 6.45) is 1.26. The predicted octanol–water partition coefficient (Wildman–Crippen LogP) is 2.94. The lowest BCUT2D eigenvalue weighted by molar-refractivity contribution is -0.142. The van der Waals surface area contributed by atoms with Gasteiger partial charge in [0.1, 0.15) is 12.1 Å². The van der Waals surface area contributed by atoms with Crippen LogP contribution in [0.5, 0.6) is 0 Å². The summed E-state index contributed by atoms with van der Waals surface area (Å²) < 4.78 is 5.10. The third-order valence-corrected chi connectivity index (χ3v) is 4.52. The highest BCUT2D eigenvalue weighted by atomic mass is 16.5. The Labute approximate surface area is 176 Å². The van der Waals surface area contributed by atoms with E-state index in [1.165, 1.54) is 0 Å². The molecule has 0 spiro atoms. The Morgan fingerprint density at radius 1 is 0.867 bits per heavy atom. The monoisotopic (exact) mass is 412 g/mol. The van der Waals surface area contributed by atoms with Crippen molar-refractivity contribution in [3.63, 3.8) is 0 Å². The number of amides is 2. The molecule has 30 heavy (non-hydrogen) atoms. The van der Waals surface area contributed by atoms with Crippen LogP contribution in [0.3, 0.4) is 0 Å². The summed E-state index contributed by atoms with van der Waals surface area (Å²) in [4.78, 5) is 36.7. The summed E-state index contributed by atoms with van der Waals surface area (Å²) >= 11 is 0. The zero-order chi connectivity index (χ0) is 21.8. The second-order valence-electron chi connectivity index (χ2n) is 6.97. The van der Waals surface area contributed by atoms with Crippen LogP contribution in [0.25, 0.3) is 0 Å². The van der Waals surface area contributed by atoms with Crippen LogP contribution < -0.4 is 10.6 Å². The van der Waals surface area contributed by atoms with Crippen LogP contribution in [-0.4, -0.2) is 41.8 Å². The molecule has 0 aliphatic rings. The molecule has 2 unspecified atom stereocenters. The fourth-order valence-corrected chi connectivity index (χ4v) is 2.87. The van der Waals surface area contributed by atoms with Gasteiger partial charge >= 0.3 is 12.1 Å². The van der Waals surface area contributed by atoms with Crippen LogP contribution in [0, 0.1) is 0 Å². The fraction of sp³-hybridized carbons (Fsp3) is 0.348. The lowest BCUT2D eigenvalue weighted by Crippen LogP contribution is -2.53. The Bertz CT molecular complexity index is 811. The van der Waals surface area contributed by atoms with Gasteiger partial charge in [0.15, 0.2) is 0 Å². The summed E-state index contributed by atoms with van der Waals surface area (Å²) in [5.74, 6) is -1.72. The lowest BCUT2D eigenvalue weighted by atomic mass is 10.0. The van der Waals surface area contributed by atoms with E-state index in [-0.39, 0.29) is 19.4 Å². The van der Waals surface area contributed by atoms with Crippen molar-refractivity contribution in [2.45, 2.75) is 44.7 Å². The van der Waals surface area contributed by atoms with E-state index >= 15 is 0 Å². The molecule has 0 bridgehead atoms. The number of nitrogens with one attached hydrogen (secondary N) is 2. The van der Waals surface area contributed by atoms with Gasteiger partial charge in [-0.3, -0.25) is 4.79 Å². The number of hydrogen-bond donors (Lipinski definition) is 3. The lowest BCUT2D eigenvalue weighted by Gasteiger charge is -2.21. The second-order valence-corrected chi connectivity index (χ2v) is 6.97. The first-order valence-electron chi connectivity index (χ1n) is 10.0. The molecule has 7 heteroatoms. The first-order chi connectivity index (χ1) is 14.5. The number of ether oxygens (including phenoxy) is 1. The van der Waals surface area contributed by atoms with Gasteiger partial charge in [0.05, 0.1) is 6.61 Å². The van der Waals surface area contributed by atoms with Gasteiger partial charge in [-0.05, 0) is 17.5 Å². The van der Waals surface area contributed by atoms with Crippen molar-refractivity contribution < 1.29 is 24.2 Å². The molecule has 0 heterocycles. The largest absolute Gasteiger partial charge is 0.480 e. The Morgan fingerprint density at radius 3 is 1.90 bits per heavy atom. The molecule has 160 valence electrons. The van der Waals surface area contributed by atoms with E-state index in [0.717, 1.165) is 24.0 Å². The molecule has 3 N–H and O–H groups in total. The summed E-state index contributed by atoms with van der Waals surface area (Å²) in [6.45, 7) is 2.24. The van der Waals surface area contributed by atoms with Gasteiger partial charge in [-0.15, -0.1) is 0 Å². The van der Waals surface area contributed by atoms with Crippen LogP contribution in [-0.2, 0) is 27.2 Å². The smallest absolute Gasteiger partial charge is 0.407 e. The first-order valence-corrected chi connectivity index (χ1v) is 10.0. The number of unbranched alkanes of at least 4 members (excludes halogenated alkanes) is 1. The van der Waals surface area contributed by atoms with Gasteiger partial charge in [-0.1, -0.05) is 74.0 Å². The van der Waals surface area contributed by atoms with Gasteiger partial charge in [0, 0.05) is 12.8 Å². The number of aliphatic carboxylic acids is 1. The number of hydrogen-bond acceptors (Lipinski definition) is 4. The van der Waals surface area contributed by atoms with Crippen LogP contribution in [0.4, 0.5) is 4.79 Å². The molecule has 0 aliphatic heterocycles. The Hall–Kier alpha value is -3.35. The number of carbonyl (C=O) groups is 3. The van der Waals surface area contributed by atoms with Gasteiger partial charge in [0.25, 0.3) is 0 Å². The Balaban J connectivity index is 2.08. The van der Waals surface area contributed by atoms with E-state index in [0.29, 0.717) is 0 Å². The number of benzene rings is 2. The van der Waals surface area contributed by atoms with Crippen molar-refractivity contribution in [2.75, 3.05) is 6.61 Å². The number of carboxylic acid groups (broad SMARTS) is 1. The second kappa shape index (κ2) is 12.3. The zero-order valence-electron chi connectivity index (χ0n) is 17.0. The van der Waals surface area contributed by atoms with Crippen molar-refractivity contribution in [2.24, 2.45) is 0 Å². The van der Waals surface area contributed by atoms with Gasteiger partial charge in [-0.25, -0.2) is 9.59 Å². The molecule has 0 aromatic heterocycles. The van der Waals surface area contributed by atoms with Crippen molar-refractivity contribution in [3.8, 4) is 0 Å². The highest BCUT2D eigenvalue weighted by Gasteiger charge is 2.27. The quantitative estimate of drug-likeness (QED) is 0.492. The molecule has 2 amide bonds. The fourth-order valence-electron chi connectivity index (χ4n) is 2.87. The van der Waals surface area contributed by atoms with E-state index in [1.54, 1.807) is 12.1 Å². The molecular formula is C23H28N2O5. The summed E-state index contributed by atoms with van der Waals surface area (Å²) in [5.41, 5.74) is 1.62. The standard InChI is InChI=1S/C23H28N2O5/c1-2-3-14-30-23(29)25-19(15-17-10-6-4-7-11-17)21(26)24-20(22(27)28)16-18-12-8-5-9-13-18/h4-13,19-20H,2-3,14-16H2,1H3,(H,24,26)(H,25,29)(H,27,28). The molecule has 0 saturated carbocycles. The van der Waals surface area contributed by atoms with E-state index in [4.69, 9.17) is 4.74 Å². The van der Waals surface area contributed by atoms with E-state index in [1.807, 2.05) is 55.5 Å². The molecule has 0 aliphatic carbocycles. The summed E-state index contributed by atoms with van der Waals surface area (Å²) in [7, 11) is 0. The van der Waals surface area contributed by atoms with Crippen LogP contribution in [0.15, 0.2) is 60.7 Å². The normalized spacial score (nSPS) is 12.4. The van der Waals surface area contributed by atoms with Crippen LogP contribution in [0.2, 0.25) is 0 Å². The highest BCUT2D eigenvalue weighted by molar-refractivity contribution is 5.89. The molecule has 2 aromatic rings. The van der Waals surface area contributed by atoms with Gasteiger partial charge < -0.3 is 20.5 Å². The van der Waals surface area contributed by atoms with Gasteiger partial charge in [0.2, 0.25) is 5.91 Å². The van der Waals surface area contributed by atoms with Crippen molar-refractivity contribution in [1.82, 2.24) is 10.6 Å². The maximum atomic E-state index is 12.9. The molecule has 2 rings (SSSR count). The third-order valence-electron chi connectivity index (χ3n) is 4.52.